The Morgan fingerprint density at radius 2 is 1.75 bits per heavy atom. The average Bonchev–Trinajstić information content (AvgIpc) is 3.36. The van der Waals surface area contributed by atoms with Crippen molar-refractivity contribution in [3.8, 4) is 0 Å². The maximum atomic E-state index is 12.7. The van der Waals surface area contributed by atoms with Gasteiger partial charge in [0.25, 0.3) is 0 Å². The summed E-state index contributed by atoms with van der Waals surface area (Å²) in [6.45, 7) is 13.4. The molecule has 0 radical (unpaired) electrons. The summed E-state index contributed by atoms with van der Waals surface area (Å²) < 4.78 is 0. The van der Waals surface area contributed by atoms with Crippen LogP contribution in [0.2, 0.25) is 0 Å². The van der Waals surface area contributed by atoms with Crippen LogP contribution in [-0.2, 0) is 11.3 Å². The first-order valence-corrected chi connectivity index (χ1v) is 12.4. The molecule has 3 rings (SSSR count). The number of hydrogen-bond acceptors (Lipinski definition) is 4. The molecule has 1 unspecified atom stereocenters. The smallest absolute Gasteiger partial charge is 0.239 e. The Bertz CT molecular complexity index is 710. The molecule has 32 heavy (non-hydrogen) atoms. The van der Waals surface area contributed by atoms with Gasteiger partial charge in [0.05, 0.1) is 6.04 Å². The van der Waals surface area contributed by atoms with Gasteiger partial charge >= 0.3 is 0 Å². The number of carbonyl (C=O) groups is 1. The molecule has 1 aromatic rings. The fourth-order valence-electron chi connectivity index (χ4n) is 4.60. The van der Waals surface area contributed by atoms with Crippen molar-refractivity contribution in [2.24, 2.45) is 4.99 Å². The SMILES string of the molecule is CCNC(=NCCCN(C)Cc1ccccc1)N1CCN(C(C)C(=O)N2CCCC2)CC1. The number of guanidine groups is 1. The van der Waals surface area contributed by atoms with E-state index < -0.39 is 0 Å². The largest absolute Gasteiger partial charge is 0.357 e. The maximum absolute atomic E-state index is 12.7. The van der Waals surface area contributed by atoms with E-state index in [1.807, 2.05) is 4.90 Å². The van der Waals surface area contributed by atoms with Crippen LogP contribution in [0.4, 0.5) is 0 Å². The Morgan fingerprint density at radius 1 is 1.06 bits per heavy atom. The zero-order valence-corrected chi connectivity index (χ0v) is 20.3. The maximum Gasteiger partial charge on any atom is 0.239 e. The van der Waals surface area contributed by atoms with Crippen molar-refractivity contribution in [1.82, 2.24) is 24.9 Å². The second-order valence-corrected chi connectivity index (χ2v) is 9.04. The number of rotatable bonds is 9. The molecule has 1 amide bonds. The molecule has 7 nitrogen and oxygen atoms in total. The van der Waals surface area contributed by atoms with E-state index in [1.165, 1.54) is 5.56 Å². The molecule has 1 atom stereocenters. The molecule has 0 bridgehead atoms. The summed E-state index contributed by atoms with van der Waals surface area (Å²) in [5.74, 6) is 1.31. The van der Waals surface area contributed by atoms with E-state index in [0.29, 0.717) is 5.91 Å². The zero-order valence-electron chi connectivity index (χ0n) is 20.3. The molecular formula is C25H42N6O. The van der Waals surface area contributed by atoms with Crippen molar-refractivity contribution < 1.29 is 4.79 Å². The monoisotopic (exact) mass is 442 g/mol. The van der Waals surface area contributed by atoms with Gasteiger partial charge in [-0.1, -0.05) is 30.3 Å². The van der Waals surface area contributed by atoms with Crippen molar-refractivity contribution in [3.63, 3.8) is 0 Å². The molecule has 2 heterocycles. The fourth-order valence-corrected chi connectivity index (χ4v) is 4.60. The van der Waals surface area contributed by atoms with Crippen molar-refractivity contribution in [1.29, 1.82) is 0 Å². The highest BCUT2D eigenvalue weighted by Gasteiger charge is 2.30. The second kappa shape index (κ2) is 12.8. The van der Waals surface area contributed by atoms with Crippen molar-refractivity contribution >= 4 is 11.9 Å². The number of aliphatic imine (C=N–C) groups is 1. The number of nitrogens with one attached hydrogen (secondary N) is 1. The van der Waals surface area contributed by atoms with Gasteiger partial charge in [-0.15, -0.1) is 0 Å². The Kier molecular flexibility index (Phi) is 9.81. The van der Waals surface area contributed by atoms with E-state index in [0.717, 1.165) is 90.7 Å². The molecule has 1 N–H and O–H groups in total. The lowest BCUT2D eigenvalue weighted by Gasteiger charge is -2.39. The van der Waals surface area contributed by atoms with Crippen molar-refractivity contribution in [2.45, 2.75) is 45.7 Å². The molecule has 2 aliphatic heterocycles. The topological polar surface area (TPSA) is 54.4 Å². The van der Waals surface area contributed by atoms with Crippen LogP contribution < -0.4 is 5.32 Å². The van der Waals surface area contributed by atoms with E-state index in [1.54, 1.807) is 0 Å². The van der Waals surface area contributed by atoms with Gasteiger partial charge in [0.1, 0.15) is 0 Å². The number of nitrogens with zero attached hydrogens (tertiary/aromatic N) is 5. The first-order chi connectivity index (χ1) is 15.6. The van der Waals surface area contributed by atoms with E-state index in [-0.39, 0.29) is 6.04 Å². The summed E-state index contributed by atoms with van der Waals surface area (Å²) in [5, 5.41) is 3.46. The molecule has 7 heteroatoms. The Hall–Kier alpha value is -2.12. The summed E-state index contributed by atoms with van der Waals surface area (Å²) >= 11 is 0. The molecule has 1 aromatic carbocycles. The number of amides is 1. The molecule has 178 valence electrons. The second-order valence-electron chi connectivity index (χ2n) is 9.04. The van der Waals surface area contributed by atoms with Gasteiger partial charge in [0.2, 0.25) is 5.91 Å². The van der Waals surface area contributed by atoms with Crippen molar-refractivity contribution in [3.05, 3.63) is 35.9 Å². The molecule has 2 aliphatic rings. The lowest BCUT2D eigenvalue weighted by Crippen LogP contribution is -2.57. The van der Waals surface area contributed by atoms with Crippen LogP contribution in [0.5, 0.6) is 0 Å². The van der Waals surface area contributed by atoms with Gasteiger partial charge in [-0.2, -0.15) is 0 Å². The van der Waals surface area contributed by atoms with Crippen LogP contribution in [0.15, 0.2) is 35.3 Å². The lowest BCUT2D eigenvalue weighted by molar-refractivity contribution is -0.135. The molecule has 0 aliphatic carbocycles. The van der Waals surface area contributed by atoms with Crippen LogP contribution in [0.1, 0.15) is 38.7 Å². The highest BCUT2D eigenvalue weighted by atomic mass is 16.2. The molecule has 0 saturated carbocycles. The third-order valence-electron chi connectivity index (χ3n) is 6.53. The summed E-state index contributed by atoms with van der Waals surface area (Å²) in [4.78, 5) is 26.7. The van der Waals surface area contributed by atoms with Gasteiger partial charge in [-0.05, 0) is 52.3 Å². The standard InChI is InChI=1S/C25H42N6O/c1-4-26-25(27-13-10-14-28(3)21-23-11-6-5-7-12-23)31-19-17-29(18-20-31)22(2)24(32)30-15-8-9-16-30/h5-7,11-12,22H,4,8-10,13-21H2,1-3H3,(H,26,27). The summed E-state index contributed by atoms with van der Waals surface area (Å²) in [6.07, 6.45) is 3.34. The predicted octanol–water partition coefficient (Wildman–Crippen LogP) is 2.10. The quantitative estimate of drug-likeness (QED) is 0.361. The number of hydrogen-bond donors (Lipinski definition) is 1. The average molecular weight is 443 g/mol. The van der Waals surface area contributed by atoms with Gasteiger partial charge < -0.3 is 20.0 Å². The Morgan fingerprint density at radius 3 is 2.41 bits per heavy atom. The predicted molar refractivity (Wildman–Crippen MR) is 132 cm³/mol. The molecule has 2 fully saturated rings. The Labute approximate surface area is 194 Å². The normalized spacial score (nSPS) is 18.9. The minimum absolute atomic E-state index is 0.0186. The van der Waals surface area contributed by atoms with Gasteiger partial charge in [0.15, 0.2) is 5.96 Å². The minimum Gasteiger partial charge on any atom is -0.357 e. The summed E-state index contributed by atoms with van der Waals surface area (Å²) in [7, 11) is 2.17. The summed E-state index contributed by atoms with van der Waals surface area (Å²) in [5.41, 5.74) is 1.35. The van der Waals surface area contributed by atoms with Gasteiger partial charge in [-0.3, -0.25) is 14.7 Å². The summed E-state index contributed by atoms with van der Waals surface area (Å²) in [6, 6.07) is 10.6. The van der Waals surface area contributed by atoms with Crippen LogP contribution in [-0.4, -0.2) is 103 Å². The van der Waals surface area contributed by atoms with Crippen LogP contribution in [0.3, 0.4) is 0 Å². The number of piperazine rings is 1. The van der Waals surface area contributed by atoms with Gasteiger partial charge in [0, 0.05) is 58.9 Å². The molecule has 0 spiro atoms. The molecule has 0 aromatic heterocycles. The fraction of sp³-hybridized carbons (Fsp3) is 0.680. The minimum atomic E-state index is -0.0186. The van der Waals surface area contributed by atoms with E-state index in [9.17, 15) is 4.79 Å². The van der Waals surface area contributed by atoms with E-state index in [2.05, 4.69) is 71.2 Å². The number of benzene rings is 1. The number of carbonyl (C=O) groups excluding carboxylic acids is 1. The van der Waals surface area contributed by atoms with Crippen LogP contribution >= 0.6 is 0 Å². The van der Waals surface area contributed by atoms with Crippen LogP contribution in [0, 0.1) is 0 Å². The Balaban J connectivity index is 1.42. The van der Waals surface area contributed by atoms with Crippen LogP contribution in [0.25, 0.3) is 0 Å². The third-order valence-corrected chi connectivity index (χ3v) is 6.53. The number of likely N-dealkylation sites (tertiary alicyclic amines) is 1. The first kappa shape index (κ1) is 24.5. The van der Waals surface area contributed by atoms with Crippen molar-refractivity contribution in [2.75, 3.05) is 66.0 Å². The molecule has 2 saturated heterocycles. The zero-order chi connectivity index (χ0) is 22.8. The molecular weight excluding hydrogens is 400 g/mol. The van der Waals surface area contributed by atoms with Gasteiger partial charge in [-0.25, -0.2) is 0 Å². The third kappa shape index (κ3) is 7.20. The highest BCUT2D eigenvalue weighted by Crippen LogP contribution is 2.14. The van der Waals surface area contributed by atoms with E-state index in [4.69, 9.17) is 4.99 Å². The first-order valence-electron chi connectivity index (χ1n) is 12.4. The van der Waals surface area contributed by atoms with E-state index >= 15 is 0 Å². The highest BCUT2D eigenvalue weighted by molar-refractivity contribution is 5.82. The lowest BCUT2D eigenvalue weighted by atomic mass is 10.2.